The van der Waals surface area contributed by atoms with Crippen molar-refractivity contribution in [2.75, 3.05) is 6.73 Å². The number of ketones is 1. The minimum atomic E-state index is -0.136. The second-order valence-electron chi connectivity index (χ2n) is 7.00. The molecule has 5 rings (SSSR count). The number of Topliss-reactive ketones (excluding diaryl/α,β-unsaturated/α-hetero) is 1. The third kappa shape index (κ3) is 3.50. The number of aromatic nitrogens is 1. The van der Waals surface area contributed by atoms with Gasteiger partial charge in [0.05, 0.1) is 16.8 Å². The van der Waals surface area contributed by atoms with Gasteiger partial charge in [-0.25, -0.2) is 0 Å². The summed E-state index contributed by atoms with van der Waals surface area (Å²) in [5, 5.41) is 0.714. The molecule has 0 N–H and O–H groups in total. The zero-order valence-corrected chi connectivity index (χ0v) is 16.2. The maximum absolute atomic E-state index is 12.8. The van der Waals surface area contributed by atoms with Gasteiger partial charge >= 0.3 is 0 Å². The van der Waals surface area contributed by atoms with Crippen LogP contribution in [0.1, 0.15) is 27.2 Å². The molecule has 2 aromatic carbocycles. The fraction of sp³-hybridized carbons (Fsp3) is 0.130. The number of nitrogens with zero attached hydrogens (tertiary/aromatic N) is 2. The molecule has 144 valence electrons. The summed E-state index contributed by atoms with van der Waals surface area (Å²) in [6.07, 6.45) is 3.35. The number of ether oxygens (including phenoxy) is 2. The van der Waals surface area contributed by atoms with Gasteiger partial charge in [0.2, 0.25) is 5.78 Å². The van der Waals surface area contributed by atoms with Crippen LogP contribution in [0.15, 0.2) is 66.6 Å². The summed E-state index contributed by atoms with van der Waals surface area (Å²) in [5.41, 5.74) is 3.27. The molecule has 0 saturated carbocycles. The van der Waals surface area contributed by atoms with E-state index in [2.05, 4.69) is 9.88 Å². The van der Waals surface area contributed by atoms with Crippen LogP contribution in [0, 0.1) is 0 Å². The van der Waals surface area contributed by atoms with Crippen molar-refractivity contribution in [3.63, 3.8) is 0 Å². The second-order valence-corrected chi connectivity index (χ2v) is 7.44. The van der Waals surface area contributed by atoms with Crippen molar-refractivity contribution in [1.82, 2.24) is 9.88 Å². The first-order chi connectivity index (χ1) is 14.2. The molecule has 6 heteroatoms. The molecule has 0 fully saturated rings. The molecular weight excluding hydrogens is 388 g/mol. The van der Waals surface area contributed by atoms with E-state index < -0.39 is 0 Å². The Kier molecular flexibility index (Phi) is 4.54. The van der Waals surface area contributed by atoms with Gasteiger partial charge in [-0.1, -0.05) is 29.8 Å². The average molecular weight is 405 g/mol. The molecule has 3 aromatic rings. The molecule has 1 aromatic heterocycles. The molecule has 5 nitrogen and oxygen atoms in total. The number of hydrogen-bond acceptors (Lipinski definition) is 5. The van der Waals surface area contributed by atoms with Gasteiger partial charge < -0.3 is 9.47 Å². The fourth-order valence-corrected chi connectivity index (χ4v) is 3.68. The Morgan fingerprint density at radius 1 is 1.10 bits per heavy atom. The van der Waals surface area contributed by atoms with Gasteiger partial charge in [-0.15, -0.1) is 0 Å². The Morgan fingerprint density at radius 3 is 2.76 bits per heavy atom. The van der Waals surface area contributed by atoms with E-state index in [4.69, 9.17) is 21.1 Å². The first-order valence-corrected chi connectivity index (χ1v) is 9.66. The zero-order valence-electron chi connectivity index (χ0n) is 15.5. The Balaban J connectivity index is 1.42. The van der Waals surface area contributed by atoms with Crippen molar-refractivity contribution in [2.45, 2.75) is 13.1 Å². The zero-order chi connectivity index (χ0) is 19.8. The summed E-state index contributed by atoms with van der Waals surface area (Å²) in [7, 11) is 0. The lowest BCUT2D eigenvalue weighted by molar-refractivity contribution is 0.0873. The van der Waals surface area contributed by atoms with E-state index >= 15 is 0 Å². The highest BCUT2D eigenvalue weighted by Gasteiger charge is 2.33. The van der Waals surface area contributed by atoms with Crippen molar-refractivity contribution in [3.8, 4) is 11.5 Å². The highest BCUT2D eigenvalue weighted by atomic mass is 35.5. The molecule has 29 heavy (non-hydrogen) atoms. The lowest BCUT2D eigenvalue weighted by Gasteiger charge is -2.29. The van der Waals surface area contributed by atoms with E-state index in [1.807, 2.05) is 48.5 Å². The highest BCUT2D eigenvalue weighted by molar-refractivity contribution is 6.30. The Hall–Kier alpha value is -3.15. The van der Waals surface area contributed by atoms with Gasteiger partial charge in [0.1, 0.15) is 18.2 Å². The molecule has 2 aliphatic heterocycles. The van der Waals surface area contributed by atoms with Crippen molar-refractivity contribution < 1.29 is 14.3 Å². The maximum atomic E-state index is 12.8. The van der Waals surface area contributed by atoms with Gasteiger partial charge in [0.25, 0.3) is 0 Å². The van der Waals surface area contributed by atoms with Crippen LogP contribution in [0.4, 0.5) is 0 Å². The normalized spacial score (nSPS) is 16.9. The predicted octanol–water partition coefficient (Wildman–Crippen LogP) is 4.70. The average Bonchev–Trinajstić information content (AvgIpc) is 3.06. The molecule has 3 heterocycles. The monoisotopic (exact) mass is 404 g/mol. The molecule has 0 amide bonds. The maximum Gasteiger partial charge on any atom is 0.232 e. The number of hydrogen-bond donors (Lipinski definition) is 0. The summed E-state index contributed by atoms with van der Waals surface area (Å²) in [5.74, 6) is 1.48. The number of pyridine rings is 1. The first-order valence-electron chi connectivity index (χ1n) is 9.28. The van der Waals surface area contributed by atoms with Gasteiger partial charge in [-0.3, -0.25) is 14.7 Å². The van der Waals surface area contributed by atoms with Gasteiger partial charge in [0.15, 0.2) is 5.76 Å². The number of halogens is 1. The Morgan fingerprint density at radius 2 is 1.97 bits per heavy atom. The van der Waals surface area contributed by atoms with Crippen LogP contribution in [0.5, 0.6) is 11.5 Å². The number of fused-ring (bicyclic) bond motifs is 3. The van der Waals surface area contributed by atoms with Crippen LogP contribution in [0.25, 0.3) is 6.08 Å². The van der Waals surface area contributed by atoms with Gasteiger partial charge in [-0.2, -0.15) is 0 Å². The fourth-order valence-electron chi connectivity index (χ4n) is 3.55. The van der Waals surface area contributed by atoms with Crippen LogP contribution in [0.2, 0.25) is 5.02 Å². The van der Waals surface area contributed by atoms with Crippen molar-refractivity contribution in [2.24, 2.45) is 0 Å². The van der Waals surface area contributed by atoms with E-state index in [0.29, 0.717) is 41.8 Å². The molecule has 2 aliphatic rings. The van der Waals surface area contributed by atoms with E-state index in [0.717, 1.165) is 16.9 Å². The number of rotatable bonds is 3. The third-order valence-electron chi connectivity index (χ3n) is 4.97. The van der Waals surface area contributed by atoms with E-state index in [1.54, 1.807) is 18.3 Å². The largest absolute Gasteiger partial charge is 0.478 e. The lowest BCUT2D eigenvalue weighted by atomic mass is 10.0. The van der Waals surface area contributed by atoms with Crippen molar-refractivity contribution >= 4 is 23.5 Å². The van der Waals surface area contributed by atoms with E-state index in [9.17, 15) is 4.79 Å². The number of benzene rings is 2. The van der Waals surface area contributed by atoms with Gasteiger partial charge in [0, 0.05) is 30.4 Å². The molecule has 0 bridgehead atoms. The number of carbonyl (C=O) groups excluding carboxylic acids is 1. The highest BCUT2D eigenvalue weighted by Crippen LogP contribution is 2.42. The van der Waals surface area contributed by atoms with E-state index in [1.165, 1.54) is 0 Å². The molecule has 0 radical (unpaired) electrons. The first kappa shape index (κ1) is 17.9. The van der Waals surface area contributed by atoms with Crippen LogP contribution in [-0.4, -0.2) is 22.4 Å². The van der Waals surface area contributed by atoms with Crippen LogP contribution < -0.4 is 9.47 Å². The minimum Gasteiger partial charge on any atom is -0.478 e. The third-order valence-corrected chi connectivity index (χ3v) is 5.22. The van der Waals surface area contributed by atoms with Gasteiger partial charge in [-0.05, 0) is 42.0 Å². The Labute approximate surface area is 173 Å². The lowest BCUT2D eigenvalue weighted by Crippen LogP contribution is -2.31. The molecule has 0 atom stereocenters. The van der Waals surface area contributed by atoms with E-state index in [-0.39, 0.29) is 11.5 Å². The molecular formula is C23H17ClN2O3. The summed E-state index contributed by atoms with van der Waals surface area (Å²) in [6.45, 7) is 1.81. The Bertz CT molecular complexity index is 1110. The topological polar surface area (TPSA) is 51.7 Å². The summed E-state index contributed by atoms with van der Waals surface area (Å²) >= 11 is 5.97. The predicted molar refractivity (Wildman–Crippen MR) is 110 cm³/mol. The molecule has 0 saturated heterocycles. The van der Waals surface area contributed by atoms with Crippen molar-refractivity contribution in [3.05, 3.63) is 94.0 Å². The summed E-state index contributed by atoms with van der Waals surface area (Å²) in [6, 6.07) is 16.9. The quantitative estimate of drug-likeness (QED) is 0.592. The summed E-state index contributed by atoms with van der Waals surface area (Å²) in [4.78, 5) is 19.2. The molecule has 0 spiro atoms. The van der Waals surface area contributed by atoms with Crippen LogP contribution in [0.3, 0.4) is 0 Å². The minimum absolute atomic E-state index is 0.136. The standard InChI is InChI=1S/C23H17ClN2O3/c24-16-6-4-15(5-7-16)12-26-13-19-20(28-14-26)9-8-18-22(27)21(29-23(18)19)11-17-3-1-2-10-25-17/h1-11H,12-14H2/b21-11-. The van der Waals surface area contributed by atoms with Crippen LogP contribution in [-0.2, 0) is 13.1 Å². The molecule has 0 unspecified atom stereocenters. The number of carbonyl (C=O) groups is 1. The SMILES string of the molecule is O=C1/C(=C/c2ccccn2)Oc2c1ccc1c2CN(Cc2ccc(Cl)cc2)CO1. The van der Waals surface area contributed by atoms with Crippen LogP contribution >= 0.6 is 11.6 Å². The number of allylic oxidation sites excluding steroid dienone is 1. The van der Waals surface area contributed by atoms with Crippen molar-refractivity contribution in [1.29, 1.82) is 0 Å². The molecule has 0 aliphatic carbocycles. The smallest absolute Gasteiger partial charge is 0.232 e. The summed E-state index contributed by atoms with van der Waals surface area (Å²) < 4.78 is 11.9. The second kappa shape index (κ2) is 7.35.